The predicted octanol–water partition coefficient (Wildman–Crippen LogP) is 3.43. The van der Waals surface area contributed by atoms with Crippen LogP contribution in [-0.4, -0.2) is 12.4 Å². The fourth-order valence-electron chi connectivity index (χ4n) is 2.74. The molecule has 0 saturated heterocycles. The smallest absolute Gasteiger partial charge is 0.185 e. The molecule has 0 aromatic carbocycles. The zero-order valence-corrected chi connectivity index (χ0v) is 10.5. The van der Waals surface area contributed by atoms with Crippen LogP contribution in [0.2, 0.25) is 0 Å². The Hall–Kier alpha value is -1.09. The zero-order chi connectivity index (χ0) is 12.3. The van der Waals surface area contributed by atoms with Crippen LogP contribution in [0.3, 0.4) is 0 Å². The van der Waals surface area contributed by atoms with E-state index in [-0.39, 0.29) is 0 Å². The Morgan fingerprint density at radius 1 is 1.29 bits per heavy atom. The molecule has 1 aliphatic rings. The van der Waals surface area contributed by atoms with Crippen LogP contribution in [0, 0.1) is 11.8 Å². The Bertz CT molecular complexity index is 359. The number of aldehydes is 1. The van der Waals surface area contributed by atoms with Gasteiger partial charge in [-0.3, -0.25) is 4.79 Å². The number of furan rings is 1. The predicted molar refractivity (Wildman–Crippen MR) is 64.9 cm³/mol. The molecule has 94 valence electrons. The first kappa shape index (κ1) is 12.4. The van der Waals surface area contributed by atoms with E-state index in [1.807, 2.05) is 0 Å². The molecule has 0 N–H and O–H groups in total. The third kappa shape index (κ3) is 3.43. The highest BCUT2D eigenvalue weighted by atomic mass is 16.5. The molecule has 0 spiro atoms. The first-order chi connectivity index (χ1) is 8.17. The molecule has 1 heterocycles. The molecular weight excluding hydrogens is 216 g/mol. The van der Waals surface area contributed by atoms with E-state index in [0.29, 0.717) is 24.8 Å². The lowest BCUT2D eigenvalue weighted by Gasteiger charge is -2.31. The fourth-order valence-corrected chi connectivity index (χ4v) is 2.74. The number of rotatable bonds is 4. The lowest BCUT2D eigenvalue weighted by Crippen LogP contribution is -2.26. The maximum atomic E-state index is 10.5. The molecule has 17 heavy (non-hydrogen) atoms. The summed E-state index contributed by atoms with van der Waals surface area (Å²) in [5.41, 5.74) is 0. The molecule has 1 aromatic heterocycles. The van der Waals surface area contributed by atoms with Crippen LogP contribution in [0.1, 0.15) is 49.4 Å². The van der Waals surface area contributed by atoms with Gasteiger partial charge in [0.2, 0.25) is 0 Å². The van der Waals surface area contributed by atoms with Crippen LogP contribution in [0.25, 0.3) is 0 Å². The maximum Gasteiger partial charge on any atom is 0.185 e. The van der Waals surface area contributed by atoms with Gasteiger partial charge in [-0.25, -0.2) is 0 Å². The molecule has 2 atom stereocenters. The van der Waals surface area contributed by atoms with E-state index in [1.54, 1.807) is 12.1 Å². The van der Waals surface area contributed by atoms with E-state index in [1.165, 1.54) is 6.42 Å². The molecule has 1 aromatic rings. The topological polar surface area (TPSA) is 39.4 Å². The van der Waals surface area contributed by atoms with Gasteiger partial charge in [-0.05, 0) is 43.2 Å². The Balaban J connectivity index is 1.83. The Morgan fingerprint density at radius 2 is 2.00 bits per heavy atom. The highest BCUT2D eigenvalue weighted by Crippen LogP contribution is 2.30. The van der Waals surface area contributed by atoms with Crippen LogP contribution in [-0.2, 0) is 11.3 Å². The average Bonchev–Trinajstić information content (AvgIpc) is 2.73. The monoisotopic (exact) mass is 236 g/mol. The van der Waals surface area contributed by atoms with E-state index in [9.17, 15) is 4.79 Å². The summed E-state index contributed by atoms with van der Waals surface area (Å²) in [4.78, 5) is 10.5. The van der Waals surface area contributed by atoms with E-state index < -0.39 is 0 Å². The molecule has 2 unspecified atom stereocenters. The van der Waals surface area contributed by atoms with Gasteiger partial charge in [0, 0.05) is 0 Å². The summed E-state index contributed by atoms with van der Waals surface area (Å²) in [6, 6.07) is 3.48. The molecule has 0 aliphatic heterocycles. The number of carbonyl (C=O) groups excluding carboxylic acids is 1. The van der Waals surface area contributed by atoms with E-state index >= 15 is 0 Å². The Labute approximate surface area is 102 Å². The molecule has 2 rings (SSSR count). The van der Waals surface area contributed by atoms with Crippen molar-refractivity contribution in [2.24, 2.45) is 11.8 Å². The molecule has 3 nitrogen and oxygen atoms in total. The second-order valence-corrected chi connectivity index (χ2v) is 5.27. The lowest BCUT2D eigenvalue weighted by atomic mass is 9.82. The van der Waals surface area contributed by atoms with Crippen molar-refractivity contribution < 1.29 is 13.9 Å². The molecule has 3 heteroatoms. The molecular formula is C14H20O3. The standard InChI is InChI=1S/C14H20O3/c1-10-5-11(2)7-14(6-10)16-9-13-4-3-12(8-15)17-13/h3-4,8,10-11,14H,5-7,9H2,1-2H3. The van der Waals surface area contributed by atoms with Crippen molar-refractivity contribution in [3.8, 4) is 0 Å². The normalized spacial score (nSPS) is 29.2. The number of hydrogen-bond acceptors (Lipinski definition) is 3. The fraction of sp³-hybridized carbons (Fsp3) is 0.643. The summed E-state index contributed by atoms with van der Waals surface area (Å²) in [7, 11) is 0. The SMILES string of the molecule is CC1CC(C)CC(OCc2ccc(C=O)o2)C1. The summed E-state index contributed by atoms with van der Waals surface area (Å²) in [6.45, 7) is 5.03. The summed E-state index contributed by atoms with van der Waals surface area (Å²) in [5, 5.41) is 0. The molecule has 1 aliphatic carbocycles. The van der Waals surface area contributed by atoms with E-state index in [4.69, 9.17) is 9.15 Å². The van der Waals surface area contributed by atoms with Crippen molar-refractivity contribution >= 4 is 6.29 Å². The average molecular weight is 236 g/mol. The summed E-state index contributed by atoms with van der Waals surface area (Å²) in [5.74, 6) is 2.59. The number of ether oxygens (including phenoxy) is 1. The molecule has 1 fully saturated rings. The van der Waals surface area contributed by atoms with Gasteiger partial charge >= 0.3 is 0 Å². The number of carbonyl (C=O) groups is 1. The molecule has 0 amide bonds. The summed E-state index contributed by atoms with van der Waals surface area (Å²) in [6.07, 6.45) is 4.61. The van der Waals surface area contributed by atoms with Crippen molar-refractivity contribution in [1.82, 2.24) is 0 Å². The minimum absolute atomic E-state index is 0.332. The van der Waals surface area contributed by atoms with Crippen LogP contribution in [0.15, 0.2) is 16.5 Å². The van der Waals surface area contributed by atoms with E-state index in [2.05, 4.69) is 13.8 Å². The van der Waals surface area contributed by atoms with Crippen LogP contribution in [0.5, 0.6) is 0 Å². The summed E-state index contributed by atoms with van der Waals surface area (Å²) >= 11 is 0. The third-order valence-electron chi connectivity index (χ3n) is 3.40. The summed E-state index contributed by atoms with van der Waals surface area (Å²) < 4.78 is 11.1. The second-order valence-electron chi connectivity index (χ2n) is 5.27. The van der Waals surface area contributed by atoms with Crippen molar-refractivity contribution in [3.63, 3.8) is 0 Å². The largest absolute Gasteiger partial charge is 0.456 e. The van der Waals surface area contributed by atoms with Gasteiger partial charge in [-0.1, -0.05) is 13.8 Å². The highest BCUT2D eigenvalue weighted by molar-refractivity contribution is 5.70. The minimum atomic E-state index is 0.332. The van der Waals surface area contributed by atoms with Gasteiger partial charge in [0.1, 0.15) is 12.4 Å². The quantitative estimate of drug-likeness (QED) is 0.752. The third-order valence-corrected chi connectivity index (χ3v) is 3.40. The maximum absolute atomic E-state index is 10.5. The van der Waals surface area contributed by atoms with E-state index in [0.717, 1.165) is 30.4 Å². The lowest BCUT2D eigenvalue weighted by molar-refractivity contribution is -0.0158. The number of hydrogen-bond donors (Lipinski definition) is 0. The second kappa shape index (κ2) is 5.50. The van der Waals surface area contributed by atoms with Gasteiger partial charge in [-0.2, -0.15) is 0 Å². The van der Waals surface area contributed by atoms with Gasteiger partial charge in [0.05, 0.1) is 6.10 Å². The molecule has 0 bridgehead atoms. The van der Waals surface area contributed by atoms with Crippen molar-refractivity contribution in [2.45, 2.75) is 45.8 Å². The van der Waals surface area contributed by atoms with Gasteiger partial charge in [0.25, 0.3) is 0 Å². The van der Waals surface area contributed by atoms with Crippen molar-refractivity contribution in [1.29, 1.82) is 0 Å². The Morgan fingerprint density at radius 3 is 2.59 bits per heavy atom. The van der Waals surface area contributed by atoms with Crippen LogP contribution >= 0.6 is 0 Å². The van der Waals surface area contributed by atoms with Gasteiger partial charge in [-0.15, -0.1) is 0 Å². The molecule has 0 radical (unpaired) electrons. The minimum Gasteiger partial charge on any atom is -0.456 e. The zero-order valence-electron chi connectivity index (χ0n) is 10.5. The van der Waals surface area contributed by atoms with Crippen LogP contribution in [0.4, 0.5) is 0 Å². The first-order valence-corrected chi connectivity index (χ1v) is 6.33. The van der Waals surface area contributed by atoms with Gasteiger partial charge in [0.15, 0.2) is 12.0 Å². The first-order valence-electron chi connectivity index (χ1n) is 6.33. The van der Waals surface area contributed by atoms with Crippen LogP contribution < -0.4 is 0 Å². The van der Waals surface area contributed by atoms with Gasteiger partial charge < -0.3 is 9.15 Å². The Kier molecular flexibility index (Phi) is 4.00. The highest BCUT2D eigenvalue weighted by Gasteiger charge is 2.24. The van der Waals surface area contributed by atoms with Crippen molar-refractivity contribution in [2.75, 3.05) is 0 Å². The molecule has 1 saturated carbocycles. The van der Waals surface area contributed by atoms with Crippen molar-refractivity contribution in [3.05, 3.63) is 23.7 Å².